The first-order valence-electron chi connectivity index (χ1n) is 6.07. The van der Waals surface area contributed by atoms with E-state index < -0.39 is 18.8 Å². The van der Waals surface area contributed by atoms with Crippen molar-refractivity contribution < 1.29 is 19.0 Å². The molecule has 1 aromatic rings. The van der Waals surface area contributed by atoms with Crippen molar-refractivity contribution in [3.8, 4) is 5.75 Å². The van der Waals surface area contributed by atoms with Gasteiger partial charge in [0, 0.05) is 13.1 Å². The number of nitrogens with one attached hydrogen (secondary N) is 2. The van der Waals surface area contributed by atoms with Crippen molar-refractivity contribution in [2.45, 2.75) is 12.5 Å². The van der Waals surface area contributed by atoms with E-state index in [0.717, 1.165) is 0 Å². The Labute approximate surface area is 111 Å². The van der Waals surface area contributed by atoms with Gasteiger partial charge in [0.05, 0.1) is 19.9 Å². The molecule has 0 aliphatic carbocycles. The van der Waals surface area contributed by atoms with Crippen molar-refractivity contribution in [2.75, 3.05) is 26.9 Å². The lowest BCUT2D eigenvalue weighted by atomic mass is 10.1. The molecule has 5 nitrogen and oxygen atoms in total. The first-order valence-corrected chi connectivity index (χ1v) is 6.07. The summed E-state index contributed by atoms with van der Waals surface area (Å²) in [5, 5.41) is 14.9. The lowest BCUT2D eigenvalue weighted by Gasteiger charge is -2.13. The number of halogens is 1. The maximum absolute atomic E-state index is 11.8. The van der Waals surface area contributed by atoms with Crippen LogP contribution in [0.25, 0.3) is 0 Å². The number of urea groups is 1. The van der Waals surface area contributed by atoms with Crippen LogP contribution in [-0.4, -0.2) is 38.0 Å². The number of hydrogen-bond acceptors (Lipinski definition) is 3. The Bertz CT molecular complexity index is 384. The number of aliphatic hydroxyl groups excluding tert-OH is 1. The van der Waals surface area contributed by atoms with E-state index in [1.54, 1.807) is 31.4 Å². The molecule has 0 aliphatic rings. The molecule has 0 aromatic heterocycles. The van der Waals surface area contributed by atoms with E-state index in [9.17, 15) is 14.3 Å². The maximum atomic E-state index is 11.8. The molecule has 19 heavy (non-hydrogen) atoms. The van der Waals surface area contributed by atoms with Crippen molar-refractivity contribution in [3.63, 3.8) is 0 Å². The van der Waals surface area contributed by atoms with Crippen LogP contribution in [0.1, 0.15) is 18.1 Å². The van der Waals surface area contributed by atoms with Gasteiger partial charge in [0.15, 0.2) is 0 Å². The first kappa shape index (κ1) is 15.2. The highest BCUT2D eigenvalue weighted by Gasteiger charge is 2.09. The number of ether oxygens (including phenoxy) is 1. The van der Waals surface area contributed by atoms with Gasteiger partial charge in [0.2, 0.25) is 0 Å². The zero-order chi connectivity index (χ0) is 14.1. The number of carbonyl (C=O) groups is 1. The summed E-state index contributed by atoms with van der Waals surface area (Å²) in [7, 11) is 1.56. The molecule has 2 amide bonds. The van der Waals surface area contributed by atoms with E-state index >= 15 is 0 Å². The number of benzene rings is 1. The molecule has 0 fully saturated rings. The van der Waals surface area contributed by atoms with Crippen molar-refractivity contribution in [1.29, 1.82) is 0 Å². The van der Waals surface area contributed by atoms with Crippen LogP contribution in [0.15, 0.2) is 24.3 Å². The molecule has 106 valence electrons. The molecule has 3 N–H and O–H groups in total. The van der Waals surface area contributed by atoms with E-state index in [1.165, 1.54) is 0 Å². The fraction of sp³-hybridized carbons (Fsp3) is 0.462. The van der Waals surface area contributed by atoms with Gasteiger partial charge in [-0.1, -0.05) is 12.1 Å². The monoisotopic (exact) mass is 270 g/mol. The fourth-order valence-corrected chi connectivity index (χ4v) is 1.46. The Balaban J connectivity index is 2.33. The predicted octanol–water partition coefficient (Wildman–Crippen LogP) is 1.39. The third-order valence-electron chi connectivity index (χ3n) is 2.55. The van der Waals surface area contributed by atoms with Gasteiger partial charge in [-0.3, -0.25) is 4.39 Å². The number of rotatable bonds is 7. The predicted molar refractivity (Wildman–Crippen MR) is 69.9 cm³/mol. The highest BCUT2D eigenvalue weighted by Crippen LogP contribution is 2.16. The molecule has 0 aliphatic heterocycles. The van der Waals surface area contributed by atoms with Gasteiger partial charge in [-0.15, -0.1) is 0 Å². The lowest BCUT2D eigenvalue weighted by Crippen LogP contribution is -2.38. The van der Waals surface area contributed by atoms with Crippen LogP contribution in [0.2, 0.25) is 0 Å². The summed E-state index contributed by atoms with van der Waals surface area (Å²) in [5.41, 5.74) is 0.685. The summed E-state index contributed by atoms with van der Waals surface area (Å²) < 4.78 is 16.8. The molecule has 1 rings (SSSR count). The highest BCUT2D eigenvalue weighted by atomic mass is 19.1. The summed E-state index contributed by atoms with van der Waals surface area (Å²) in [6.07, 6.45) is -0.508. The van der Waals surface area contributed by atoms with E-state index in [1.807, 2.05) is 0 Å². The Morgan fingerprint density at radius 1 is 1.37 bits per heavy atom. The van der Waals surface area contributed by atoms with E-state index in [-0.39, 0.29) is 19.5 Å². The van der Waals surface area contributed by atoms with Crippen LogP contribution >= 0.6 is 0 Å². The Hall–Kier alpha value is -1.82. The normalized spacial score (nSPS) is 11.7. The van der Waals surface area contributed by atoms with Gasteiger partial charge in [-0.25, -0.2) is 4.79 Å². The van der Waals surface area contributed by atoms with Crippen LogP contribution in [0.5, 0.6) is 5.75 Å². The zero-order valence-corrected chi connectivity index (χ0v) is 10.9. The fourth-order valence-electron chi connectivity index (χ4n) is 1.46. The smallest absolute Gasteiger partial charge is 0.314 e. The molecule has 6 heteroatoms. The molecule has 0 spiro atoms. The minimum Gasteiger partial charge on any atom is -0.497 e. The standard InChI is InChI=1S/C13H19FN2O3/c1-19-11-5-3-10(4-6-11)12(17)9-16-13(18)15-8-2-7-14/h3-6,12,17H,2,7-9H2,1H3,(H2,15,16,18). The van der Waals surface area contributed by atoms with Gasteiger partial charge in [0.1, 0.15) is 5.75 Å². The molecule has 0 bridgehead atoms. The van der Waals surface area contributed by atoms with Gasteiger partial charge in [-0.05, 0) is 24.1 Å². The second-order valence-corrected chi connectivity index (χ2v) is 3.97. The van der Waals surface area contributed by atoms with Crippen LogP contribution in [0, 0.1) is 0 Å². The third-order valence-corrected chi connectivity index (χ3v) is 2.55. The second-order valence-electron chi connectivity index (χ2n) is 3.97. The average molecular weight is 270 g/mol. The molecule has 0 saturated heterocycles. The summed E-state index contributed by atoms with van der Waals surface area (Å²) >= 11 is 0. The molecule has 1 atom stereocenters. The SMILES string of the molecule is COc1ccc(C(O)CNC(=O)NCCCF)cc1. The summed E-state index contributed by atoms with van der Waals surface area (Å²) in [6, 6.07) is 6.51. The lowest BCUT2D eigenvalue weighted by molar-refractivity contribution is 0.173. The number of aliphatic hydroxyl groups is 1. The van der Waals surface area contributed by atoms with Crippen LogP contribution < -0.4 is 15.4 Å². The molecule has 0 radical (unpaired) electrons. The molecular weight excluding hydrogens is 251 g/mol. The largest absolute Gasteiger partial charge is 0.497 e. The third kappa shape index (κ3) is 5.56. The maximum Gasteiger partial charge on any atom is 0.314 e. The quantitative estimate of drug-likeness (QED) is 0.656. The van der Waals surface area contributed by atoms with Crippen molar-refractivity contribution in [2.24, 2.45) is 0 Å². The first-order chi connectivity index (χ1) is 9.17. The van der Waals surface area contributed by atoms with Gasteiger partial charge < -0.3 is 20.5 Å². The van der Waals surface area contributed by atoms with Crippen LogP contribution in [0.4, 0.5) is 9.18 Å². The minimum absolute atomic E-state index is 0.0911. The molecule has 0 saturated carbocycles. The number of methoxy groups -OCH3 is 1. The number of hydrogen-bond donors (Lipinski definition) is 3. The Morgan fingerprint density at radius 2 is 2.05 bits per heavy atom. The van der Waals surface area contributed by atoms with E-state index in [4.69, 9.17) is 4.74 Å². The van der Waals surface area contributed by atoms with Crippen molar-refractivity contribution in [1.82, 2.24) is 10.6 Å². The topological polar surface area (TPSA) is 70.6 Å². The molecule has 0 heterocycles. The van der Waals surface area contributed by atoms with E-state index in [0.29, 0.717) is 11.3 Å². The second kappa shape index (κ2) is 8.31. The average Bonchev–Trinajstić information content (AvgIpc) is 2.45. The zero-order valence-electron chi connectivity index (χ0n) is 10.9. The molecular formula is C13H19FN2O3. The Kier molecular flexibility index (Phi) is 6.67. The molecule has 1 unspecified atom stereocenters. The molecule has 1 aromatic carbocycles. The van der Waals surface area contributed by atoms with Gasteiger partial charge in [-0.2, -0.15) is 0 Å². The number of carbonyl (C=O) groups excluding carboxylic acids is 1. The van der Waals surface area contributed by atoms with Crippen LogP contribution in [-0.2, 0) is 0 Å². The van der Waals surface area contributed by atoms with Gasteiger partial charge in [0.25, 0.3) is 0 Å². The highest BCUT2D eigenvalue weighted by molar-refractivity contribution is 5.73. The minimum atomic E-state index is -0.794. The Morgan fingerprint density at radius 3 is 2.63 bits per heavy atom. The number of amides is 2. The summed E-state index contributed by atoms with van der Waals surface area (Å²) in [4.78, 5) is 11.3. The van der Waals surface area contributed by atoms with Crippen molar-refractivity contribution >= 4 is 6.03 Å². The summed E-state index contributed by atoms with van der Waals surface area (Å²) in [5.74, 6) is 0.702. The summed E-state index contributed by atoms with van der Waals surface area (Å²) in [6.45, 7) is -0.0937. The van der Waals surface area contributed by atoms with Crippen LogP contribution in [0.3, 0.4) is 0 Å². The number of alkyl halides is 1. The van der Waals surface area contributed by atoms with Crippen molar-refractivity contribution in [3.05, 3.63) is 29.8 Å². The van der Waals surface area contributed by atoms with E-state index in [2.05, 4.69) is 10.6 Å². The van der Waals surface area contributed by atoms with Gasteiger partial charge >= 0.3 is 6.03 Å².